The number of hydrogen-bond acceptors (Lipinski definition) is 1. The van der Waals surface area contributed by atoms with Crippen molar-refractivity contribution in [3.63, 3.8) is 0 Å². The molecule has 0 amide bonds. The molecule has 0 unspecified atom stereocenters. The molecule has 0 spiro atoms. The maximum atomic E-state index is 6.05. The van der Waals surface area contributed by atoms with Gasteiger partial charge in [-0.05, 0) is 30.7 Å². The monoisotopic (exact) mass is 285 g/mol. The average Bonchev–Trinajstić information content (AvgIpc) is 2.74. The van der Waals surface area contributed by atoms with Gasteiger partial charge in [-0.2, -0.15) is 0 Å². The van der Waals surface area contributed by atoms with Gasteiger partial charge in [-0.1, -0.05) is 35.9 Å². The van der Waals surface area contributed by atoms with Gasteiger partial charge in [0.15, 0.2) is 0 Å². The molecule has 0 aliphatic carbocycles. The summed E-state index contributed by atoms with van der Waals surface area (Å²) in [6, 6.07) is 14.0. The lowest BCUT2D eigenvalue weighted by molar-refractivity contribution is 0.305. The quantitative estimate of drug-likeness (QED) is 0.679. The molecule has 3 aromatic rings. The Morgan fingerprint density at radius 3 is 2.75 bits per heavy atom. The van der Waals surface area contributed by atoms with E-state index in [1.165, 1.54) is 10.9 Å². The number of benzene rings is 2. The van der Waals surface area contributed by atoms with Crippen LogP contribution in [0, 0.1) is 6.92 Å². The number of nitrogens with zero attached hydrogens (tertiary/aromatic N) is 1. The van der Waals surface area contributed by atoms with Crippen LogP contribution in [0.15, 0.2) is 48.7 Å². The summed E-state index contributed by atoms with van der Waals surface area (Å²) in [6.07, 6.45) is 2.10. The molecule has 0 atom stereocenters. The van der Waals surface area contributed by atoms with E-state index in [0.29, 0.717) is 6.61 Å². The second kappa shape index (κ2) is 5.22. The predicted molar refractivity (Wildman–Crippen MR) is 83.4 cm³/mol. The highest BCUT2D eigenvalue weighted by Gasteiger charge is 2.08. The normalized spacial score (nSPS) is 10.9. The number of aryl methyl sites for hydroxylation is 2. The molecule has 2 aromatic carbocycles. The molecule has 0 N–H and O–H groups in total. The summed E-state index contributed by atoms with van der Waals surface area (Å²) in [4.78, 5) is 0. The average molecular weight is 286 g/mol. The topological polar surface area (TPSA) is 14.2 Å². The number of aromatic nitrogens is 1. The van der Waals surface area contributed by atoms with Gasteiger partial charge in [0.2, 0.25) is 0 Å². The molecule has 1 heterocycles. The van der Waals surface area contributed by atoms with Crippen LogP contribution >= 0.6 is 11.6 Å². The fourth-order valence-electron chi connectivity index (χ4n) is 2.43. The van der Waals surface area contributed by atoms with Crippen molar-refractivity contribution in [3.05, 3.63) is 64.8 Å². The fraction of sp³-hybridized carbons (Fsp3) is 0.176. The second-order valence-electron chi connectivity index (χ2n) is 4.98. The zero-order valence-corrected chi connectivity index (χ0v) is 12.3. The van der Waals surface area contributed by atoms with E-state index in [2.05, 4.69) is 23.8 Å². The number of rotatable bonds is 3. The van der Waals surface area contributed by atoms with Gasteiger partial charge in [0.1, 0.15) is 12.4 Å². The molecule has 0 aliphatic heterocycles. The number of para-hydroxylation sites is 1. The molecule has 2 nitrogen and oxygen atoms in total. The molecule has 0 fully saturated rings. The van der Waals surface area contributed by atoms with Gasteiger partial charge in [-0.15, -0.1) is 0 Å². The summed E-state index contributed by atoms with van der Waals surface area (Å²) >= 11 is 6.05. The Labute approximate surface area is 123 Å². The van der Waals surface area contributed by atoms with Gasteiger partial charge in [0.25, 0.3) is 0 Å². The summed E-state index contributed by atoms with van der Waals surface area (Å²) in [7, 11) is 2.02. The molecule has 0 saturated carbocycles. The molecule has 0 bridgehead atoms. The van der Waals surface area contributed by atoms with Crippen LogP contribution in [0.4, 0.5) is 0 Å². The van der Waals surface area contributed by atoms with Crippen LogP contribution in [-0.4, -0.2) is 4.57 Å². The van der Waals surface area contributed by atoms with E-state index in [1.807, 2.05) is 43.4 Å². The zero-order chi connectivity index (χ0) is 14.1. The summed E-state index contributed by atoms with van der Waals surface area (Å²) in [5.41, 5.74) is 3.44. The molecular formula is C17H16ClNO. The first-order chi connectivity index (χ1) is 9.65. The lowest BCUT2D eigenvalue weighted by atomic mass is 10.2. The molecule has 0 saturated heterocycles. The van der Waals surface area contributed by atoms with Crippen molar-refractivity contribution < 1.29 is 4.74 Å². The maximum Gasteiger partial charge on any atom is 0.122 e. The molecule has 0 radical (unpaired) electrons. The van der Waals surface area contributed by atoms with Gasteiger partial charge in [0.05, 0.1) is 0 Å². The Morgan fingerprint density at radius 2 is 1.95 bits per heavy atom. The van der Waals surface area contributed by atoms with Gasteiger partial charge < -0.3 is 9.30 Å². The second-order valence-corrected chi connectivity index (χ2v) is 5.42. The lowest BCUT2D eigenvalue weighted by Crippen LogP contribution is -1.96. The first-order valence-corrected chi connectivity index (χ1v) is 6.95. The highest BCUT2D eigenvalue weighted by Crippen LogP contribution is 2.26. The highest BCUT2D eigenvalue weighted by atomic mass is 35.5. The largest absolute Gasteiger partial charge is 0.489 e. The van der Waals surface area contributed by atoms with Gasteiger partial charge in [0, 0.05) is 34.7 Å². The van der Waals surface area contributed by atoms with Crippen molar-refractivity contribution in [2.24, 2.45) is 7.05 Å². The fourth-order valence-corrected chi connectivity index (χ4v) is 2.60. The van der Waals surface area contributed by atoms with E-state index in [1.54, 1.807) is 0 Å². The van der Waals surface area contributed by atoms with Crippen LogP contribution in [0.3, 0.4) is 0 Å². The van der Waals surface area contributed by atoms with Crippen LogP contribution in [0.1, 0.15) is 11.1 Å². The van der Waals surface area contributed by atoms with Crippen molar-refractivity contribution in [2.45, 2.75) is 13.5 Å². The minimum Gasteiger partial charge on any atom is -0.489 e. The molecule has 0 aliphatic rings. The van der Waals surface area contributed by atoms with Crippen LogP contribution in [-0.2, 0) is 13.7 Å². The number of fused-ring (bicyclic) bond motifs is 1. The lowest BCUT2D eigenvalue weighted by Gasteiger charge is -2.08. The Hall–Kier alpha value is -1.93. The Bertz CT molecular complexity index is 761. The number of ether oxygens (including phenoxy) is 1. The molecular weight excluding hydrogens is 270 g/mol. The van der Waals surface area contributed by atoms with Crippen molar-refractivity contribution in [2.75, 3.05) is 0 Å². The maximum absolute atomic E-state index is 6.05. The number of hydrogen-bond donors (Lipinski definition) is 0. The Balaban J connectivity index is 1.90. The van der Waals surface area contributed by atoms with Crippen molar-refractivity contribution >= 4 is 22.5 Å². The van der Waals surface area contributed by atoms with E-state index < -0.39 is 0 Å². The third-order valence-corrected chi connectivity index (χ3v) is 3.75. The van der Waals surface area contributed by atoms with E-state index in [4.69, 9.17) is 16.3 Å². The van der Waals surface area contributed by atoms with Crippen LogP contribution in [0.25, 0.3) is 10.9 Å². The van der Waals surface area contributed by atoms with Crippen LogP contribution < -0.4 is 4.74 Å². The van der Waals surface area contributed by atoms with E-state index in [9.17, 15) is 0 Å². The van der Waals surface area contributed by atoms with E-state index in [0.717, 1.165) is 21.9 Å². The van der Waals surface area contributed by atoms with Gasteiger partial charge >= 0.3 is 0 Å². The SMILES string of the molecule is Cc1ccccc1OCc1cn(C)c2cc(Cl)ccc12. The Morgan fingerprint density at radius 1 is 1.15 bits per heavy atom. The summed E-state index contributed by atoms with van der Waals surface area (Å²) < 4.78 is 8.01. The highest BCUT2D eigenvalue weighted by molar-refractivity contribution is 6.31. The summed E-state index contributed by atoms with van der Waals surface area (Å²) in [6.45, 7) is 2.61. The minimum absolute atomic E-state index is 0.559. The predicted octanol–water partition coefficient (Wildman–Crippen LogP) is 4.72. The minimum atomic E-state index is 0.559. The standard InChI is InChI=1S/C17H16ClNO/c1-12-5-3-4-6-17(12)20-11-13-10-19(2)16-9-14(18)7-8-15(13)16/h3-10H,11H2,1-2H3. The van der Waals surface area contributed by atoms with Crippen LogP contribution in [0.2, 0.25) is 5.02 Å². The number of halogens is 1. The molecule has 3 heteroatoms. The molecule has 1 aromatic heterocycles. The van der Waals surface area contributed by atoms with E-state index >= 15 is 0 Å². The van der Waals surface area contributed by atoms with E-state index in [-0.39, 0.29) is 0 Å². The molecule has 20 heavy (non-hydrogen) atoms. The third kappa shape index (κ3) is 2.39. The Kier molecular flexibility index (Phi) is 3.41. The molecule has 102 valence electrons. The van der Waals surface area contributed by atoms with Crippen molar-refractivity contribution in [1.82, 2.24) is 4.57 Å². The van der Waals surface area contributed by atoms with Gasteiger partial charge in [-0.3, -0.25) is 0 Å². The third-order valence-electron chi connectivity index (χ3n) is 3.51. The summed E-state index contributed by atoms with van der Waals surface area (Å²) in [5, 5.41) is 1.94. The van der Waals surface area contributed by atoms with Gasteiger partial charge in [-0.25, -0.2) is 0 Å². The first-order valence-electron chi connectivity index (χ1n) is 6.57. The smallest absolute Gasteiger partial charge is 0.122 e. The van der Waals surface area contributed by atoms with Crippen molar-refractivity contribution in [3.8, 4) is 5.75 Å². The summed E-state index contributed by atoms with van der Waals surface area (Å²) in [5.74, 6) is 0.929. The first kappa shape index (κ1) is 13.1. The van der Waals surface area contributed by atoms with Crippen LogP contribution in [0.5, 0.6) is 5.75 Å². The van der Waals surface area contributed by atoms with Crippen molar-refractivity contribution in [1.29, 1.82) is 0 Å². The zero-order valence-electron chi connectivity index (χ0n) is 11.6. The molecule has 3 rings (SSSR count).